The number of cyclic esters (lactones) is 1. The van der Waals surface area contributed by atoms with Gasteiger partial charge in [-0.3, -0.25) is 0 Å². The summed E-state index contributed by atoms with van der Waals surface area (Å²) in [5, 5.41) is 11.4. The fraction of sp³-hybridized carbons (Fsp3) is 0.0526. The van der Waals surface area contributed by atoms with Gasteiger partial charge in [0.2, 0.25) is 0 Å². The third kappa shape index (κ3) is 3.31. The fourth-order valence-corrected chi connectivity index (χ4v) is 2.94. The van der Waals surface area contributed by atoms with Crippen LogP contribution in [0.25, 0.3) is 11.1 Å². The Bertz CT molecular complexity index is 975. The van der Waals surface area contributed by atoms with Crippen molar-refractivity contribution in [3.05, 3.63) is 81.2 Å². The Hall–Kier alpha value is -2.76. The van der Waals surface area contributed by atoms with Crippen LogP contribution in [0.3, 0.4) is 0 Å². The summed E-state index contributed by atoms with van der Waals surface area (Å²) in [6, 6.07) is 12.7. The van der Waals surface area contributed by atoms with Gasteiger partial charge in [-0.2, -0.15) is 0 Å². The highest BCUT2D eigenvalue weighted by Gasteiger charge is 2.36. The second kappa shape index (κ2) is 7.23. The Morgan fingerprint density at radius 3 is 2.35 bits per heavy atom. The van der Waals surface area contributed by atoms with Gasteiger partial charge in [-0.05, 0) is 35.4 Å². The summed E-state index contributed by atoms with van der Waals surface area (Å²) < 4.78 is 9.97. The zero-order valence-corrected chi connectivity index (χ0v) is 15.0. The second-order valence-electron chi connectivity index (χ2n) is 5.33. The molecule has 7 heteroatoms. The van der Waals surface area contributed by atoms with Crippen molar-refractivity contribution in [2.75, 3.05) is 7.11 Å². The highest BCUT2D eigenvalue weighted by molar-refractivity contribution is 6.32. The lowest BCUT2D eigenvalue weighted by atomic mass is 10.0. The third-order valence-corrected chi connectivity index (χ3v) is 4.16. The smallest absolute Gasteiger partial charge is 0.348 e. The first-order chi connectivity index (χ1) is 12.4. The van der Waals surface area contributed by atoms with E-state index in [2.05, 4.69) is 0 Å². The predicted octanol–water partition coefficient (Wildman–Crippen LogP) is 4.40. The zero-order valence-electron chi connectivity index (χ0n) is 13.5. The third-order valence-electron chi connectivity index (χ3n) is 3.69. The number of rotatable bonds is 3. The van der Waals surface area contributed by atoms with Crippen LogP contribution in [0, 0.1) is 0 Å². The number of aliphatic hydroxyl groups excluding tert-OH is 1. The van der Waals surface area contributed by atoms with Crippen molar-refractivity contribution >= 4 is 46.3 Å². The number of methoxy groups -OCH3 is 1. The monoisotopic (exact) mass is 390 g/mol. The highest BCUT2D eigenvalue weighted by atomic mass is 35.5. The molecule has 1 aliphatic heterocycles. The quantitative estimate of drug-likeness (QED) is 0.620. The van der Waals surface area contributed by atoms with E-state index in [-0.39, 0.29) is 16.9 Å². The van der Waals surface area contributed by atoms with Crippen molar-refractivity contribution in [2.24, 2.45) is 0 Å². The van der Waals surface area contributed by atoms with Gasteiger partial charge in [0, 0.05) is 10.0 Å². The Morgan fingerprint density at radius 2 is 1.73 bits per heavy atom. The van der Waals surface area contributed by atoms with Crippen molar-refractivity contribution in [1.82, 2.24) is 0 Å². The van der Waals surface area contributed by atoms with Gasteiger partial charge in [0.1, 0.15) is 11.1 Å². The summed E-state index contributed by atoms with van der Waals surface area (Å²) >= 11 is 11.9. The van der Waals surface area contributed by atoms with Gasteiger partial charge in [-0.1, -0.05) is 47.5 Å². The van der Waals surface area contributed by atoms with Gasteiger partial charge in [0.25, 0.3) is 0 Å². The Labute approximate surface area is 159 Å². The molecule has 0 fully saturated rings. The summed E-state index contributed by atoms with van der Waals surface area (Å²) in [6.45, 7) is 0. The molecule has 0 radical (unpaired) electrons. The van der Waals surface area contributed by atoms with Crippen molar-refractivity contribution in [1.29, 1.82) is 0 Å². The van der Waals surface area contributed by atoms with Gasteiger partial charge in [-0.15, -0.1) is 0 Å². The summed E-state index contributed by atoms with van der Waals surface area (Å²) in [6.07, 6.45) is 0. The molecule has 0 bridgehead atoms. The first kappa shape index (κ1) is 18.0. The molecule has 0 atom stereocenters. The molecule has 26 heavy (non-hydrogen) atoms. The largest absolute Gasteiger partial charge is 0.504 e. The maximum absolute atomic E-state index is 12.3. The molecular weight excluding hydrogens is 379 g/mol. The molecule has 0 aliphatic carbocycles. The maximum atomic E-state index is 12.3. The maximum Gasteiger partial charge on any atom is 0.348 e. The first-order valence-corrected chi connectivity index (χ1v) is 8.18. The number of aliphatic hydroxyl groups is 1. The molecule has 1 N–H and O–H groups in total. The zero-order chi connectivity index (χ0) is 18.8. The number of ether oxygens (including phenoxy) is 2. The molecule has 1 heterocycles. The lowest BCUT2D eigenvalue weighted by Crippen LogP contribution is -2.09. The van der Waals surface area contributed by atoms with E-state index in [0.717, 1.165) is 0 Å². The molecule has 0 aromatic heterocycles. The number of carbonyl (C=O) groups excluding carboxylic acids is 2. The van der Waals surface area contributed by atoms with Crippen LogP contribution in [0.1, 0.15) is 11.1 Å². The van der Waals surface area contributed by atoms with Gasteiger partial charge >= 0.3 is 11.9 Å². The highest BCUT2D eigenvalue weighted by Crippen LogP contribution is 2.37. The Morgan fingerprint density at radius 1 is 1.08 bits per heavy atom. The average molecular weight is 391 g/mol. The fourth-order valence-electron chi connectivity index (χ4n) is 2.56. The van der Waals surface area contributed by atoms with E-state index >= 15 is 0 Å². The molecule has 132 valence electrons. The average Bonchev–Trinajstić information content (AvgIpc) is 2.89. The Kier molecular flexibility index (Phi) is 5.02. The molecule has 0 spiro atoms. The van der Waals surface area contributed by atoms with Gasteiger partial charge in [-0.25, -0.2) is 9.59 Å². The predicted molar refractivity (Wildman–Crippen MR) is 97.5 cm³/mol. The van der Waals surface area contributed by atoms with Crippen LogP contribution < -0.4 is 0 Å². The molecule has 0 saturated heterocycles. The molecule has 3 rings (SSSR count). The minimum absolute atomic E-state index is 0.0917. The van der Waals surface area contributed by atoms with Crippen LogP contribution in [0.5, 0.6) is 0 Å². The van der Waals surface area contributed by atoms with Crippen molar-refractivity contribution < 1.29 is 24.2 Å². The number of benzene rings is 2. The Balaban J connectivity index is 2.24. The number of carbonyl (C=O) groups is 2. The molecule has 2 aromatic carbocycles. The van der Waals surface area contributed by atoms with E-state index in [1.807, 2.05) is 0 Å². The van der Waals surface area contributed by atoms with E-state index in [1.54, 1.807) is 36.4 Å². The van der Waals surface area contributed by atoms with E-state index in [4.69, 9.17) is 32.7 Å². The standard InChI is InChI=1S/C19H12Cl2O5/c1-25-18(23)15(11-5-3-7-13(21)9-11)17-16(22)14(19(24)26-17)10-4-2-6-12(20)8-10/h2-9,22H,1H3/b17-15+. The molecule has 2 aromatic rings. The van der Waals surface area contributed by atoms with Crippen LogP contribution in [0.15, 0.2) is 60.0 Å². The molecule has 1 aliphatic rings. The number of esters is 2. The molecular formula is C19H12Cl2O5. The van der Waals surface area contributed by atoms with Crippen LogP contribution in [-0.4, -0.2) is 24.2 Å². The van der Waals surface area contributed by atoms with Crippen molar-refractivity contribution in [3.8, 4) is 0 Å². The van der Waals surface area contributed by atoms with E-state index in [9.17, 15) is 14.7 Å². The molecule has 0 saturated carbocycles. The lowest BCUT2D eigenvalue weighted by Gasteiger charge is -2.09. The SMILES string of the molecule is COC(=O)/C(=C1/OC(=O)C(c2cccc(Cl)c2)=C1O)c1cccc(Cl)c1. The lowest BCUT2D eigenvalue weighted by molar-refractivity contribution is -0.134. The van der Waals surface area contributed by atoms with Gasteiger partial charge in [0.05, 0.1) is 7.11 Å². The summed E-state index contributed by atoms with van der Waals surface area (Å²) in [5.41, 5.74) is 0.500. The van der Waals surface area contributed by atoms with E-state index in [0.29, 0.717) is 21.2 Å². The van der Waals surface area contributed by atoms with Crippen molar-refractivity contribution in [3.63, 3.8) is 0 Å². The van der Waals surface area contributed by atoms with Crippen LogP contribution in [-0.2, 0) is 19.1 Å². The minimum atomic E-state index is -0.803. The minimum Gasteiger partial charge on any atom is -0.504 e. The summed E-state index contributed by atoms with van der Waals surface area (Å²) in [4.78, 5) is 24.6. The van der Waals surface area contributed by atoms with E-state index in [1.165, 1.54) is 19.2 Å². The van der Waals surface area contributed by atoms with Gasteiger partial charge < -0.3 is 14.6 Å². The molecule has 5 nitrogen and oxygen atoms in total. The van der Waals surface area contributed by atoms with Crippen LogP contribution in [0.2, 0.25) is 10.0 Å². The topological polar surface area (TPSA) is 72.8 Å². The summed E-state index contributed by atoms with van der Waals surface area (Å²) in [7, 11) is 1.18. The molecule has 0 unspecified atom stereocenters. The van der Waals surface area contributed by atoms with Crippen molar-refractivity contribution in [2.45, 2.75) is 0 Å². The molecule has 0 amide bonds. The van der Waals surface area contributed by atoms with Crippen LogP contribution >= 0.6 is 23.2 Å². The number of halogens is 2. The number of hydrogen-bond acceptors (Lipinski definition) is 5. The first-order valence-electron chi connectivity index (χ1n) is 7.42. The van der Waals surface area contributed by atoms with Crippen LogP contribution in [0.4, 0.5) is 0 Å². The second-order valence-corrected chi connectivity index (χ2v) is 6.20. The van der Waals surface area contributed by atoms with Gasteiger partial charge in [0.15, 0.2) is 11.5 Å². The number of hydrogen-bond donors (Lipinski definition) is 1. The van der Waals surface area contributed by atoms with E-state index < -0.39 is 17.7 Å². The summed E-state index contributed by atoms with van der Waals surface area (Å²) in [5.74, 6) is -2.35. The normalized spacial score (nSPS) is 15.7.